The van der Waals surface area contributed by atoms with Crippen LogP contribution in [-0.2, 0) is 7.05 Å². The van der Waals surface area contributed by atoms with Crippen molar-refractivity contribution in [2.24, 2.45) is 7.05 Å². The Balaban J connectivity index is 1.59. The van der Waals surface area contributed by atoms with E-state index in [1.807, 2.05) is 42.5 Å². The van der Waals surface area contributed by atoms with Gasteiger partial charge in [0, 0.05) is 18.7 Å². The van der Waals surface area contributed by atoms with Gasteiger partial charge in [-0.1, -0.05) is 35.5 Å². The molecule has 0 spiro atoms. The predicted octanol–water partition coefficient (Wildman–Crippen LogP) is 2.31. The van der Waals surface area contributed by atoms with Crippen LogP contribution in [0.3, 0.4) is 0 Å². The van der Waals surface area contributed by atoms with Crippen LogP contribution in [0.25, 0.3) is 11.0 Å². The zero-order valence-corrected chi connectivity index (χ0v) is 14.0. The average molecular weight is 336 g/mol. The van der Waals surface area contributed by atoms with Gasteiger partial charge in [0.05, 0.1) is 18.2 Å². The molecule has 1 amide bonds. The van der Waals surface area contributed by atoms with E-state index in [-0.39, 0.29) is 11.9 Å². The summed E-state index contributed by atoms with van der Waals surface area (Å²) in [5.74, 6) is -0.0550. The molecule has 3 aromatic rings. The number of hydrogen-bond acceptors (Lipinski definition) is 4. The summed E-state index contributed by atoms with van der Waals surface area (Å²) in [6.07, 6.45) is 1.29. The maximum atomic E-state index is 13.0. The number of carbonyl (C=O) groups excluding carboxylic acids is 1. The predicted molar refractivity (Wildman–Crippen MR) is 94.0 cm³/mol. The summed E-state index contributed by atoms with van der Waals surface area (Å²) in [6.45, 7) is 0.301. The third kappa shape index (κ3) is 3.13. The standard InChI is InChI=1S/C19H20N4O2/c1-22-17-11-14(7-10-16(17)20-21-22)19(25)23(15-8-9-15)12-18(24)13-5-3-2-4-6-13/h2-7,10-11,15,18,24H,8-9,12H2,1H3/t18-/m0/s1. The van der Waals surface area contributed by atoms with E-state index in [1.165, 1.54) is 0 Å². The van der Waals surface area contributed by atoms with E-state index >= 15 is 0 Å². The minimum atomic E-state index is -0.687. The first-order valence-corrected chi connectivity index (χ1v) is 8.47. The molecule has 6 heteroatoms. The smallest absolute Gasteiger partial charge is 0.254 e. The number of nitrogens with zero attached hydrogens (tertiary/aromatic N) is 4. The van der Waals surface area contributed by atoms with Crippen molar-refractivity contribution in [1.29, 1.82) is 0 Å². The molecule has 0 bridgehead atoms. The minimum Gasteiger partial charge on any atom is -0.387 e. The molecule has 1 fully saturated rings. The Kier molecular flexibility index (Phi) is 3.97. The molecular weight excluding hydrogens is 316 g/mol. The second-order valence-corrected chi connectivity index (χ2v) is 6.53. The number of amides is 1. The molecule has 1 saturated carbocycles. The summed E-state index contributed by atoms with van der Waals surface area (Å²) in [4.78, 5) is 14.8. The van der Waals surface area contributed by atoms with E-state index < -0.39 is 6.10 Å². The number of carbonyl (C=O) groups is 1. The summed E-state index contributed by atoms with van der Waals surface area (Å²) in [6, 6.07) is 15.1. The molecule has 1 aliphatic carbocycles. The van der Waals surface area contributed by atoms with Crippen LogP contribution in [0.1, 0.15) is 34.9 Å². The lowest BCUT2D eigenvalue weighted by molar-refractivity contribution is 0.0603. The van der Waals surface area contributed by atoms with Gasteiger partial charge in [0.15, 0.2) is 0 Å². The summed E-state index contributed by atoms with van der Waals surface area (Å²) in [5, 5.41) is 18.6. The van der Waals surface area contributed by atoms with Crippen LogP contribution < -0.4 is 0 Å². The number of hydrogen-bond donors (Lipinski definition) is 1. The highest BCUT2D eigenvalue weighted by molar-refractivity contribution is 5.97. The molecule has 6 nitrogen and oxygen atoms in total. The lowest BCUT2D eigenvalue weighted by Crippen LogP contribution is -2.36. The van der Waals surface area contributed by atoms with E-state index in [2.05, 4.69) is 10.3 Å². The number of aliphatic hydroxyl groups is 1. The zero-order valence-electron chi connectivity index (χ0n) is 14.0. The largest absolute Gasteiger partial charge is 0.387 e. The highest BCUT2D eigenvalue weighted by atomic mass is 16.3. The summed E-state index contributed by atoms with van der Waals surface area (Å²) in [5.41, 5.74) is 3.02. The molecule has 1 atom stereocenters. The molecule has 4 rings (SSSR count). The molecule has 25 heavy (non-hydrogen) atoms. The van der Waals surface area contributed by atoms with Gasteiger partial charge in [-0.3, -0.25) is 4.79 Å². The Labute approximate surface area is 145 Å². The zero-order chi connectivity index (χ0) is 17.4. The van der Waals surface area contributed by atoms with Crippen LogP contribution in [0.4, 0.5) is 0 Å². The first-order chi connectivity index (χ1) is 12.1. The lowest BCUT2D eigenvalue weighted by atomic mass is 10.1. The molecule has 0 aliphatic heterocycles. The maximum absolute atomic E-state index is 13.0. The molecule has 2 aromatic carbocycles. The number of rotatable bonds is 5. The Morgan fingerprint density at radius 2 is 2.04 bits per heavy atom. The van der Waals surface area contributed by atoms with Crippen molar-refractivity contribution in [3.05, 3.63) is 59.7 Å². The summed E-state index contributed by atoms with van der Waals surface area (Å²) < 4.78 is 1.66. The molecular formula is C19H20N4O2. The van der Waals surface area contributed by atoms with Crippen LogP contribution in [0.2, 0.25) is 0 Å². The Morgan fingerprint density at radius 3 is 2.76 bits per heavy atom. The van der Waals surface area contributed by atoms with Gasteiger partial charge in [0.25, 0.3) is 5.91 Å². The van der Waals surface area contributed by atoms with Gasteiger partial charge >= 0.3 is 0 Å². The lowest BCUT2D eigenvalue weighted by Gasteiger charge is -2.25. The van der Waals surface area contributed by atoms with Gasteiger partial charge in [-0.25, -0.2) is 4.68 Å². The van der Waals surface area contributed by atoms with Gasteiger partial charge in [-0.2, -0.15) is 0 Å². The van der Waals surface area contributed by atoms with Crippen LogP contribution in [0.5, 0.6) is 0 Å². The average Bonchev–Trinajstić information content (AvgIpc) is 3.43. The fourth-order valence-corrected chi connectivity index (χ4v) is 3.08. The third-order valence-corrected chi connectivity index (χ3v) is 4.66. The highest BCUT2D eigenvalue weighted by Gasteiger charge is 2.34. The SMILES string of the molecule is Cn1nnc2ccc(C(=O)N(C[C@H](O)c3ccccc3)C3CC3)cc21. The summed E-state index contributed by atoms with van der Waals surface area (Å²) in [7, 11) is 1.81. The molecule has 1 heterocycles. The Hall–Kier alpha value is -2.73. The second-order valence-electron chi connectivity index (χ2n) is 6.53. The highest BCUT2D eigenvalue weighted by Crippen LogP contribution is 2.30. The monoisotopic (exact) mass is 336 g/mol. The number of fused-ring (bicyclic) bond motifs is 1. The van der Waals surface area contributed by atoms with Crippen LogP contribution in [0, 0.1) is 0 Å². The van der Waals surface area contributed by atoms with E-state index in [0.717, 1.165) is 29.4 Å². The second kappa shape index (κ2) is 6.29. The van der Waals surface area contributed by atoms with Gasteiger partial charge in [0.2, 0.25) is 0 Å². The van der Waals surface area contributed by atoms with Crippen molar-refractivity contribution < 1.29 is 9.90 Å². The quantitative estimate of drug-likeness (QED) is 0.776. The van der Waals surface area contributed by atoms with E-state index in [9.17, 15) is 9.90 Å². The van der Waals surface area contributed by atoms with Crippen molar-refractivity contribution in [2.45, 2.75) is 25.0 Å². The first-order valence-electron chi connectivity index (χ1n) is 8.47. The Morgan fingerprint density at radius 1 is 1.28 bits per heavy atom. The van der Waals surface area contributed by atoms with Crippen LogP contribution in [-0.4, -0.2) is 43.5 Å². The fourth-order valence-electron chi connectivity index (χ4n) is 3.08. The van der Waals surface area contributed by atoms with Crippen LogP contribution in [0.15, 0.2) is 48.5 Å². The number of aryl methyl sites for hydroxylation is 1. The van der Waals surface area contributed by atoms with E-state index in [0.29, 0.717) is 12.1 Å². The number of aliphatic hydroxyl groups excluding tert-OH is 1. The molecule has 1 aliphatic rings. The van der Waals surface area contributed by atoms with Crippen molar-refractivity contribution in [3.63, 3.8) is 0 Å². The van der Waals surface area contributed by atoms with Gasteiger partial charge in [0.1, 0.15) is 5.52 Å². The number of benzene rings is 2. The molecule has 1 N–H and O–H groups in total. The molecule has 0 saturated heterocycles. The molecule has 128 valence electrons. The van der Waals surface area contributed by atoms with E-state index in [1.54, 1.807) is 22.7 Å². The molecule has 0 unspecified atom stereocenters. The van der Waals surface area contributed by atoms with E-state index in [4.69, 9.17) is 0 Å². The van der Waals surface area contributed by atoms with Gasteiger partial charge in [-0.05, 0) is 36.6 Å². The maximum Gasteiger partial charge on any atom is 0.254 e. The number of aromatic nitrogens is 3. The van der Waals surface area contributed by atoms with Crippen LogP contribution >= 0.6 is 0 Å². The fraction of sp³-hybridized carbons (Fsp3) is 0.316. The third-order valence-electron chi connectivity index (χ3n) is 4.66. The van der Waals surface area contributed by atoms with Crippen molar-refractivity contribution in [1.82, 2.24) is 19.9 Å². The van der Waals surface area contributed by atoms with Gasteiger partial charge in [-0.15, -0.1) is 5.10 Å². The molecule has 1 aromatic heterocycles. The van der Waals surface area contributed by atoms with Crippen molar-refractivity contribution >= 4 is 16.9 Å². The summed E-state index contributed by atoms with van der Waals surface area (Å²) >= 11 is 0. The first kappa shape index (κ1) is 15.8. The minimum absolute atomic E-state index is 0.0550. The van der Waals surface area contributed by atoms with Gasteiger partial charge < -0.3 is 10.0 Å². The van der Waals surface area contributed by atoms with Crippen molar-refractivity contribution in [2.75, 3.05) is 6.54 Å². The normalized spacial score (nSPS) is 15.3. The topological polar surface area (TPSA) is 71.2 Å². The Bertz CT molecular complexity index is 902. The molecule has 0 radical (unpaired) electrons. The van der Waals surface area contributed by atoms with Crippen molar-refractivity contribution in [3.8, 4) is 0 Å².